The second-order valence-electron chi connectivity index (χ2n) is 4.07. The first-order valence-corrected chi connectivity index (χ1v) is 5.48. The third kappa shape index (κ3) is 2.92. The molecule has 2 rings (SSSR count). The first kappa shape index (κ1) is 13.9. The molecule has 1 N–H and O–H groups in total. The number of nitrogens with zero attached hydrogens (tertiary/aromatic N) is 3. The van der Waals surface area contributed by atoms with Crippen LogP contribution in [-0.2, 0) is 0 Å². The summed E-state index contributed by atoms with van der Waals surface area (Å²) in [5, 5.41) is 3.26. The van der Waals surface area contributed by atoms with E-state index in [0.717, 1.165) is 25.3 Å². The number of piperazine rings is 1. The van der Waals surface area contributed by atoms with E-state index in [2.05, 4.69) is 15.3 Å². The van der Waals surface area contributed by atoms with Crippen molar-refractivity contribution >= 4 is 18.3 Å². The standard InChI is InChI=1S/C11H16N4O.ClH/c1-8-5-12-3-4-15(8)11(16)10-6-13-7-14-9(10)2;/h6-8,12H,3-5H2,1-2H3;1H/t8-;/m0./s1. The third-order valence-corrected chi connectivity index (χ3v) is 2.90. The maximum Gasteiger partial charge on any atom is 0.257 e. The van der Waals surface area contributed by atoms with Crippen LogP contribution >= 0.6 is 12.4 Å². The number of aryl methyl sites for hydroxylation is 1. The number of aromatic nitrogens is 2. The summed E-state index contributed by atoms with van der Waals surface area (Å²) in [6.45, 7) is 6.32. The molecule has 0 radical (unpaired) electrons. The Hall–Kier alpha value is -1.20. The second kappa shape index (κ2) is 5.93. The van der Waals surface area contributed by atoms with Crippen molar-refractivity contribution in [2.75, 3.05) is 19.6 Å². The Morgan fingerprint density at radius 1 is 1.59 bits per heavy atom. The van der Waals surface area contributed by atoms with Gasteiger partial charge in [0, 0.05) is 31.9 Å². The van der Waals surface area contributed by atoms with Crippen molar-refractivity contribution in [1.29, 1.82) is 0 Å². The molecule has 0 saturated carbocycles. The lowest BCUT2D eigenvalue weighted by molar-refractivity contribution is 0.0654. The zero-order chi connectivity index (χ0) is 11.5. The number of nitrogens with one attached hydrogen (secondary N) is 1. The Balaban J connectivity index is 0.00000144. The maximum atomic E-state index is 12.2. The molecule has 0 bridgehead atoms. The van der Waals surface area contributed by atoms with Gasteiger partial charge in [-0.15, -0.1) is 12.4 Å². The fourth-order valence-electron chi connectivity index (χ4n) is 1.90. The molecule has 1 amide bonds. The van der Waals surface area contributed by atoms with E-state index < -0.39 is 0 Å². The predicted molar refractivity (Wildman–Crippen MR) is 67.4 cm³/mol. The lowest BCUT2D eigenvalue weighted by atomic mass is 10.1. The number of rotatable bonds is 1. The normalized spacial score (nSPS) is 19.6. The van der Waals surface area contributed by atoms with Gasteiger partial charge in [0.25, 0.3) is 5.91 Å². The maximum absolute atomic E-state index is 12.2. The highest BCUT2D eigenvalue weighted by atomic mass is 35.5. The van der Waals surface area contributed by atoms with E-state index in [1.54, 1.807) is 6.20 Å². The summed E-state index contributed by atoms with van der Waals surface area (Å²) in [5.74, 6) is 0.0344. The summed E-state index contributed by atoms with van der Waals surface area (Å²) in [7, 11) is 0. The fraction of sp³-hybridized carbons (Fsp3) is 0.545. The van der Waals surface area contributed by atoms with E-state index >= 15 is 0 Å². The van der Waals surface area contributed by atoms with Gasteiger partial charge in [0.15, 0.2) is 0 Å². The van der Waals surface area contributed by atoms with Gasteiger partial charge in [0.05, 0.1) is 11.3 Å². The molecule has 0 spiro atoms. The molecule has 94 valence electrons. The summed E-state index contributed by atoms with van der Waals surface area (Å²) in [6.07, 6.45) is 3.06. The molecular formula is C11H17ClN4O. The zero-order valence-electron chi connectivity index (χ0n) is 10.0. The molecule has 1 aromatic heterocycles. The smallest absolute Gasteiger partial charge is 0.257 e. The van der Waals surface area contributed by atoms with Gasteiger partial charge in [-0.1, -0.05) is 0 Å². The van der Waals surface area contributed by atoms with Crippen LogP contribution in [0.15, 0.2) is 12.5 Å². The largest absolute Gasteiger partial charge is 0.333 e. The molecular weight excluding hydrogens is 240 g/mol. The van der Waals surface area contributed by atoms with E-state index in [9.17, 15) is 4.79 Å². The van der Waals surface area contributed by atoms with Gasteiger partial charge in [0.2, 0.25) is 0 Å². The van der Waals surface area contributed by atoms with Crippen molar-refractivity contribution < 1.29 is 4.79 Å². The van der Waals surface area contributed by atoms with E-state index in [4.69, 9.17) is 0 Å². The Labute approximate surface area is 107 Å². The average molecular weight is 257 g/mol. The Morgan fingerprint density at radius 3 is 3.00 bits per heavy atom. The molecule has 17 heavy (non-hydrogen) atoms. The minimum Gasteiger partial charge on any atom is -0.333 e. The van der Waals surface area contributed by atoms with Crippen molar-refractivity contribution in [3.63, 3.8) is 0 Å². The van der Waals surface area contributed by atoms with Crippen molar-refractivity contribution in [2.24, 2.45) is 0 Å². The van der Waals surface area contributed by atoms with Crippen LogP contribution in [0.25, 0.3) is 0 Å². The average Bonchev–Trinajstić information content (AvgIpc) is 2.29. The second-order valence-corrected chi connectivity index (χ2v) is 4.07. The molecule has 5 nitrogen and oxygen atoms in total. The molecule has 1 aliphatic heterocycles. The highest BCUT2D eigenvalue weighted by Crippen LogP contribution is 2.11. The van der Waals surface area contributed by atoms with Crippen molar-refractivity contribution in [3.8, 4) is 0 Å². The van der Waals surface area contributed by atoms with Crippen LogP contribution < -0.4 is 5.32 Å². The highest BCUT2D eigenvalue weighted by molar-refractivity contribution is 5.95. The quantitative estimate of drug-likeness (QED) is 0.801. The summed E-state index contributed by atoms with van der Waals surface area (Å²) < 4.78 is 0. The first-order chi connectivity index (χ1) is 7.70. The number of amides is 1. The van der Waals surface area contributed by atoms with Crippen LogP contribution in [0.5, 0.6) is 0 Å². The molecule has 0 aromatic carbocycles. The molecule has 1 saturated heterocycles. The van der Waals surface area contributed by atoms with Crippen LogP contribution in [0.2, 0.25) is 0 Å². The molecule has 1 atom stereocenters. The van der Waals surface area contributed by atoms with Gasteiger partial charge in [0.1, 0.15) is 6.33 Å². The van der Waals surface area contributed by atoms with Gasteiger partial charge >= 0.3 is 0 Å². The van der Waals surface area contributed by atoms with E-state index in [0.29, 0.717) is 5.56 Å². The van der Waals surface area contributed by atoms with Crippen molar-refractivity contribution in [2.45, 2.75) is 19.9 Å². The van der Waals surface area contributed by atoms with Crippen molar-refractivity contribution in [1.82, 2.24) is 20.2 Å². The van der Waals surface area contributed by atoms with Crippen LogP contribution in [-0.4, -0.2) is 46.5 Å². The van der Waals surface area contributed by atoms with E-state index in [1.807, 2.05) is 18.7 Å². The SMILES string of the molecule is Cc1ncncc1C(=O)N1CCNC[C@@H]1C.Cl. The van der Waals surface area contributed by atoms with Crippen LogP contribution in [0, 0.1) is 6.92 Å². The summed E-state index contributed by atoms with van der Waals surface area (Å²) in [5.41, 5.74) is 1.35. The van der Waals surface area contributed by atoms with Gasteiger partial charge in [-0.05, 0) is 13.8 Å². The molecule has 0 unspecified atom stereocenters. The lowest BCUT2D eigenvalue weighted by Gasteiger charge is -2.34. The van der Waals surface area contributed by atoms with Gasteiger partial charge in [-0.3, -0.25) is 4.79 Å². The third-order valence-electron chi connectivity index (χ3n) is 2.90. The summed E-state index contributed by atoms with van der Waals surface area (Å²) in [6, 6.07) is 0.223. The topological polar surface area (TPSA) is 58.1 Å². The Kier molecular flexibility index (Phi) is 4.84. The zero-order valence-corrected chi connectivity index (χ0v) is 10.8. The monoisotopic (exact) mass is 256 g/mol. The molecule has 1 aromatic rings. The van der Waals surface area contributed by atoms with Gasteiger partial charge < -0.3 is 10.2 Å². The lowest BCUT2D eigenvalue weighted by Crippen LogP contribution is -2.52. The fourth-order valence-corrected chi connectivity index (χ4v) is 1.90. The van der Waals surface area contributed by atoms with E-state index in [-0.39, 0.29) is 24.4 Å². The van der Waals surface area contributed by atoms with E-state index in [1.165, 1.54) is 6.33 Å². The van der Waals surface area contributed by atoms with Crippen LogP contribution in [0.3, 0.4) is 0 Å². The molecule has 6 heteroatoms. The Bertz CT molecular complexity index is 399. The van der Waals surface area contributed by atoms with Crippen LogP contribution in [0.4, 0.5) is 0 Å². The molecule has 1 aliphatic rings. The summed E-state index contributed by atoms with van der Waals surface area (Å²) >= 11 is 0. The minimum atomic E-state index is 0. The Morgan fingerprint density at radius 2 is 2.35 bits per heavy atom. The minimum absolute atomic E-state index is 0. The van der Waals surface area contributed by atoms with Gasteiger partial charge in [-0.25, -0.2) is 9.97 Å². The molecule has 1 fully saturated rings. The molecule has 2 heterocycles. The summed E-state index contributed by atoms with van der Waals surface area (Å²) in [4.78, 5) is 22.1. The first-order valence-electron chi connectivity index (χ1n) is 5.48. The molecule has 0 aliphatic carbocycles. The highest BCUT2D eigenvalue weighted by Gasteiger charge is 2.25. The number of carbonyl (C=O) groups excluding carboxylic acids is 1. The number of hydrogen-bond acceptors (Lipinski definition) is 4. The van der Waals surface area contributed by atoms with Crippen molar-refractivity contribution in [3.05, 3.63) is 23.8 Å². The van der Waals surface area contributed by atoms with Crippen LogP contribution in [0.1, 0.15) is 23.0 Å². The number of halogens is 1. The predicted octanol–water partition coefficient (Wildman–Crippen LogP) is 0.641. The number of hydrogen-bond donors (Lipinski definition) is 1. The number of carbonyl (C=O) groups is 1. The van der Waals surface area contributed by atoms with Gasteiger partial charge in [-0.2, -0.15) is 0 Å².